The fourth-order valence-corrected chi connectivity index (χ4v) is 5.08. The molecule has 5 rings (SSSR count). The SMILES string of the molecule is C[C@@H](c1ccccc1)N(C)C[C@@H]1CCN(CCc2coc3ccc(-c4cccnc4)cc23)C1. The maximum atomic E-state index is 5.86. The number of hydrogen-bond donors (Lipinski definition) is 0. The van der Waals surface area contributed by atoms with Gasteiger partial charge in [0, 0.05) is 49.0 Å². The zero-order chi connectivity index (χ0) is 22.6. The van der Waals surface area contributed by atoms with Gasteiger partial charge >= 0.3 is 0 Å². The molecule has 170 valence electrons. The van der Waals surface area contributed by atoms with Crippen LogP contribution in [0.15, 0.2) is 83.7 Å². The van der Waals surface area contributed by atoms with Crippen LogP contribution in [0.2, 0.25) is 0 Å². The molecule has 2 aromatic carbocycles. The Kier molecular flexibility index (Phi) is 6.56. The molecule has 33 heavy (non-hydrogen) atoms. The van der Waals surface area contributed by atoms with Crippen molar-refractivity contribution >= 4 is 11.0 Å². The lowest BCUT2D eigenvalue weighted by molar-refractivity contribution is 0.216. The molecule has 0 spiro atoms. The van der Waals surface area contributed by atoms with Crippen LogP contribution in [0.4, 0.5) is 0 Å². The predicted octanol–water partition coefficient (Wildman–Crippen LogP) is 6.05. The standard InChI is InChI=1S/C29H33N3O/c1-22(24-7-4-3-5-8-24)31(2)19-23-12-15-32(20-23)16-13-27-21-33-29-11-10-25(17-28(27)29)26-9-6-14-30-18-26/h3-11,14,17-18,21-23H,12-13,15-16,19-20H2,1-2H3/t22-,23-/m0/s1. The van der Waals surface area contributed by atoms with Gasteiger partial charge in [-0.3, -0.25) is 9.88 Å². The second-order valence-electron chi connectivity index (χ2n) is 9.45. The van der Waals surface area contributed by atoms with E-state index in [0.717, 1.165) is 36.6 Å². The molecule has 4 aromatic rings. The van der Waals surface area contributed by atoms with E-state index < -0.39 is 0 Å². The van der Waals surface area contributed by atoms with Gasteiger partial charge in [0.25, 0.3) is 0 Å². The molecule has 2 aromatic heterocycles. The summed E-state index contributed by atoms with van der Waals surface area (Å²) in [6.07, 6.45) is 7.98. The first-order valence-electron chi connectivity index (χ1n) is 12.1. The lowest BCUT2D eigenvalue weighted by Crippen LogP contribution is -2.31. The summed E-state index contributed by atoms with van der Waals surface area (Å²) in [5.74, 6) is 0.736. The van der Waals surface area contributed by atoms with Gasteiger partial charge < -0.3 is 9.32 Å². The number of likely N-dealkylation sites (tertiary alicyclic amines) is 1. The summed E-state index contributed by atoms with van der Waals surface area (Å²) in [6.45, 7) is 6.92. The third kappa shape index (κ3) is 5.02. The van der Waals surface area contributed by atoms with Crippen molar-refractivity contribution in [2.75, 3.05) is 33.2 Å². The van der Waals surface area contributed by atoms with E-state index in [-0.39, 0.29) is 0 Å². The van der Waals surface area contributed by atoms with Crippen LogP contribution in [0, 0.1) is 5.92 Å². The molecule has 0 amide bonds. The highest BCUT2D eigenvalue weighted by atomic mass is 16.3. The molecule has 4 nitrogen and oxygen atoms in total. The van der Waals surface area contributed by atoms with Crippen LogP contribution in [-0.2, 0) is 6.42 Å². The highest BCUT2D eigenvalue weighted by Crippen LogP contribution is 2.29. The average Bonchev–Trinajstić information content (AvgIpc) is 3.49. The number of hydrogen-bond acceptors (Lipinski definition) is 4. The predicted molar refractivity (Wildman–Crippen MR) is 135 cm³/mol. The van der Waals surface area contributed by atoms with Crippen LogP contribution < -0.4 is 0 Å². The monoisotopic (exact) mass is 439 g/mol. The number of fused-ring (bicyclic) bond motifs is 1. The van der Waals surface area contributed by atoms with Crippen molar-refractivity contribution in [1.82, 2.24) is 14.8 Å². The van der Waals surface area contributed by atoms with Crippen molar-refractivity contribution in [2.45, 2.75) is 25.8 Å². The molecule has 3 heterocycles. The van der Waals surface area contributed by atoms with Crippen LogP contribution in [0.1, 0.15) is 30.5 Å². The zero-order valence-electron chi connectivity index (χ0n) is 19.7. The van der Waals surface area contributed by atoms with Crippen LogP contribution in [0.3, 0.4) is 0 Å². The molecular weight excluding hydrogens is 406 g/mol. The van der Waals surface area contributed by atoms with Crippen LogP contribution in [0.5, 0.6) is 0 Å². The topological polar surface area (TPSA) is 32.5 Å². The summed E-state index contributed by atoms with van der Waals surface area (Å²) >= 11 is 0. The largest absolute Gasteiger partial charge is 0.464 e. The summed E-state index contributed by atoms with van der Waals surface area (Å²) in [6, 6.07) is 21.8. The van der Waals surface area contributed by atoms with E-state index in [1.165, 1.54) is 41.6 Å². The molecule has 1 saturated heterocycles. The second-order valence-corrected chi connectivity index (χ2v) is 9.45. The molecule has 0 radical (unpaired) electrons. The van der Waals surface area contributed by atoms with Gasteiger partial charge in [0.1, 0.15) is 5.58 Å². The highest BCUT2D eigenvalue weighted by molar-refractivity contribution is 5.86. The number of benzene rings is 2. The van der Waals surface area contributed by atoms with E-state index in [0.29, 0.717) is 6.04 Å². The first kappa shape index (κ1) is 21.9. The van der Waals surface area contributed by atoms with Gasteiger partial charge in [-0.1, -0.05) is 42.5 Å². The normalized spacial score (nSPS) is 17.7. The minimum Gasteiger partial charge on any atom is -0.464 e. The quantitative estimate of drug-likeness (QED) is 0.334. The lowest BCUT2D eigenvalue weighted by atomic mass is 10.0. The number of aromatic nitrogens is 1. The van der Waals surface area contributed by atoms with Crippen molar-refractivity contribution in [3.05, 3.63) is 90.4 Å². The fraction of sp³-hybridized carbons (Fsp3) is 0.345. The van der Waals surface area contributed by atoms with E-state index in [9.17, 15) is 0 Å². The van der Waals surface area contributed by atoms with Gasteiger partial charge in [0.05, 0.1) is 6.26 Å². The second kappa shape index (κ2) is 9.90. The lowest BCUT2D eigenvalue weighted by Gasteiger charge is -2.28. The number of furan rings is 1. The summed E-state index contributed by atoms with van der Waals surface area (Å²) in [7, 11) is 2.26. The van der Waals surface area contributed by atoms with Gasteiger partial charge in [-0.15, -0.1) is 0 Å². The summed E-state index contributed by atoms with van der Waals surface area (Å²) < 4.78 is 5.86. The van der Waals surface area contributed by atoms with Gasteiger partial charge in [0.15, 0.2) is 0 Å². The van der Waals surface area contributed by atoms with E-state index >= 15 is 0 Å². The van der Waals surface area contributed by atoms with Crippen molar-refractivity contribution in [1.29, 1.82) is 0 Å². The Bertz CT molecular complexity index is 1170. The van der Waals surface area contributed by atoms with Crippen LogP contribution in [-0.4, -0.2) is 48.0 Å². The molecule has 0 saturated carbocycles. The maximum Gasteiger partial charge on any atom is 0.134 e. The van der Waals surface area contributed by atoms with Gasteiger partial charge in [-0.05, 0) is 74.2 Å². The molecule has 1 fully saturated rings. The number of rotatable bonds is 8. The molecule has 0 N–H and O–H groups in total. The molecular formula is C29H33N3O. The highest BCUT2D eigenvalue weighted by Gasteiger charge is 2.25. The summed E-state index contributed by atoms with van der Waals surface area (Å²) in [5.41, 5.74) is 5.99. The Morgan fingerprint density at radius 3 is 2.79 bits per heavy atom. The molecule has 0 aliphatic carbocycles. The summed E-state index contributed by atoms with van der Waals surface area (Å²) in [4.78, 5) is 9.39. The number of pyridine rings is 1. The molecule has 4 heteroatoms. The average molecular weight is 440 g/mol. The molecule has 0 bridgehead atoms. The molecule has 0 unspecified atom stereocenters. The van der Waals surface area contributed by atoms with E-state index in [1.54, 1.807) is 0 Å². The van der Waals surface area contributed by atoms with E-state index in [4.69, 9.17) is 4.42 Å². The van der Waals surface area contributed by atoms with Crippen LogP contribution in [0.25, 0.3) is 22.1 Å². The first-order chi connectivity index (χ1) is 16.2. The van der Waals surface area contributed by atoms with Gasteiger partial charge in [-0.25, -0.2) is 0 Å². The van der Waals surface area contributed by atoms with Crippen LogP contribution >= 0.6 is 0 Å². The summed E-state index contributed by atoms with van der Waals surface area (Å²) in [5, 5.41) is 1.23. The minimum absolute atomic E-state index is 0.451. The van der Waals surface area contributed by atoms with E-state index in [1.807, 2.05) is 24.7 Å². The van der Waals surface area contributed by atoms with Gasteiger partial charge in [-0.2, -0.15) is 0 Å². The zero-order valence-corrected chi connectivity index (χ0v) is 19.7. The third-order valence-electron chi connectivity index (χ3n) is 7.21. The molecule has 1 aliphatic heterocycles. The maximum absolute atomic E-state index is 5.86. The molecule has 2 atom stereocenters. The Morgan fingerprint density at radius 1 is 1.09 bits per heavy atom. The fourth-order valence-electron chi connectivity index (χ4n) is 5.08. The van der Waals surface area contributed by atoms with Crippen molar-refractivity contribution in [3.8, 4) is 11.1 Å². The Hall–Kier alpha value is -2.95. The van der Waals surface area contributed by atoms with Crippen molar-refractivity contribution < 1.29 is 4.42 Å². The van der Waals surface area contributed by atoms with E-state index in [2.05, 4.69) is 83.4 Å². The Balaban J connectivity index is 1.18. The minimum atomic E-state index is 0.451. The van der Waals surface area contributed by atoms with Gasteiger partial charge in [0.2, 0.25) is 0 Å². The third-order valence-corrected chi connectivity index (χ3v) is 7.21. The van der Waals surface area contributed by atoms with Crippen molar-refractivity contribution in [3.63, 3.8) is 0 Å². The Labute approximate surface area is 196 Å². The van der Waals surface area contributed by atoms with Crippen molar-refractivity contribution in [2.24, 2.45) is 5.92 Å². The smallest absolute Gasteiger partial charge is 0.134 e. The number of nitrogens with zero attached hydrogens (tertiary/aromatic N) is 3. The molecule has 1 aliphatic rings. The Morgan fingerprint density at radius 2 is 1.97 bits per heavy atom. The first-order valence-corrected chi connectivity index (χ1v) is 12.1.